The summed E-state index contributed by atoms with van der Waals surface area (Å²) in [6, 6.07) is 14.4. The van der Waals surface area contributed by atoms with Crippen LogP contribution in [0.1, 0.15) is 30.6 Å². The van der Waals surface area contributed by atoms with E-state index in [-0.39, 0.29) is 18.2 Å². The number of nitrogens with zero attached hydrogens (tertiary/aromatic N) is 2. The molecule has 1 atom stereocenters. The maximum atomic E-state index is 12.6. The number of rotatable bonds is 5. The predicted octanol–water partition coefficient (Wildman–Crippen LogP) is 4.60. The van der Waals surface area contributed by atoms with Gasteiger partial charge in [0, 0.05) is 16.3 Å². The molecule has 1 aliphatic heterocycles. The van der Waals surface area contributed by atoms with E-state index >= 15 is 0 Å². The number of carbonyl (C=O) groups is 2. The van der Waals surface area contributed by atoms with Crippen LogP contribution < -0.4 is 10.6 Å². The Hall–Kier alpha value is -3.12. The molecule has 0 fully saturated rings. The third-order valence-electron chi connectivity index (χ3n) is 5.09. The molecule has 2 N–H and O–H groups in total. The van der Waals surface area contributed by atoms with Gasteiger partial charge in [0.05, 0.1) is 12.1 Å². The molecule has 3 aromatic rings. The van der Waals surface area contributed by atoms with Crippen molar-refractivity contribution < 1.29 is 9.59 Å². The van der Waals surface area contributed by atoms with E-state index in [0.29, 0.717) is 10.8 Å². The van der Waals surface area contributed by atoms with E-state index < -0.39 is 6.04 Å². The first-order chi connectivity index (χ1) is 14.0. The highest BCUT2D eigenvalue weighted by molar-refractivity contribution is 6.30. The molecule has 6 nitrogen and oxygen atoms in total. The molecule has 7 heteroatoms. The molecule has 2 heterocycles. The Bertz CT molecular complexity index is 1110. The summed E-state index contributed by atoms with van der Waals surface area (Å²) in [5.74, 6) is 0.132. The van der Waals surface area contributed by atoms with Crippen LogP contribution in [0.5, 0.6) is 0 Å². The minimum absolute atomic E-state index is 0.00693. The van der Waals surface area contributed by atoms with E-state index in [2.05, 4.69) is 15.7 Å². The predicted molar refractivity (Wildman–Crippen MR) is 114 cm³/mol. The van der Waals surface area contributed by atoms with Gasteiger partial charge < -0.3 is 10.6 Å². The molecule has 29 heavy (non-hydrogen) atoms. The first-order valence-corrected chi connectivity index (χ1v) is 9.89. The molecular weight excluding hydrogens is 388 g/mol. The van der Waals surface area contributed by atoms with Crippen molar-refractivity contribution in [2.45, 2.75) is 32.7 Å². The Kier molecular flexibility index (Phi) is 5.11. The lowest BCUT2D eigenvalue weighted by atomic mass is 10.1. The Morgan fingerprint density at radius 3 is 2.79 bits per heavy atom. The third-order valence-corrected chi connectivity index (χ3v) is 5.32. The average molecular weight is 409 g/mol. The van der Waals surface area contributed by atoms with Gasteiger partial charge in [-0.05, 0) is 42.7 Å². The molecule has 4 rings (SSSR count). The fraction of sp³-hybridized carbons (Fsp3) is 0.227. The van der Waals surface area contributed by atoms with Gasteiger partial charge in [-0.1, -0.05) is 48.9 Å². The quantitative estimate of drug-likeness (QED) is 0.648. The Morgan fingerprint density at radius 1 is 1.24 bits per heavy atom. The first kappa shape index (κ1) is 19.2. The number of hydrogen-bond donors (Lipinski definition) is 2. The zero-order valence-electron chi connectivity index (χ0n) is 16.2. The fourth-order valence-electron chi connectivity index (χ4n) is 3.70. The minimum Gasteiger partial charge on any atom is -0.326 e. The average Bonchev–Trinajstić information content (AvgIpc) is 3.16. The van der Waals surface area contributed by atoms with Crippen LogP contribution >= 0.6 is 11.6 Å². The molecule has 0 radical (unpaired) electrons. The van der Waals surface area contributed by atoms with Crippen molar-refractivity contribution in [2.24, 2.45) is 0 Å². The molecule has 0 aliphatic carbocycles. The number of fused-ring (bicyclic) bond motifs is 1. The van der Waals surface area contributed by atoms with Crippen LogP contribution in [0.2, 0.25) is 5.02 Å². The van der Waals surface area contributed by atoms with Gasteiger partial charge in [0.25, 0.3) is 5.91 Å². The largest absolute Gasteiger partial charge is 0.326 e. The number of benzene rings is 2. The van der Waals surface area contributed by atoms with E-state index in [1.165, 1.54) is 0 Å². The highest BCUT2D eigenvalue weighted by Crippen LogP contribution is 2.38. The third kappa shape index (κ3) is 3.63. The van der Waals surface area contributed by atoms with Crippen LogP contribution in [0.25, 0.3) is 11.1 Å². The van der Waals surface area contributed by atoms with Crippen molar-refractivity contribution in [1.82, 2.24) is 9.78 Å². The van der Waals surface area contributed by atoms with Crippen LogP contribution in [-0.2, 0) is 16.0 Å². The van der Waals surface area contributed by atoms with Crippen molar-refractivity contribution in [3.05, 3.63) is 64.8 Å². The van der Waals surface area contributed by atoms with Crippen molar-refractivity contribution in [1.29, 1.82) is 0 Å². The number of carbonyl (C=O) groups excluding carboxylic acids is 2. The lowest BCUT2D eigenvalue weighted by Gasteiger charge is -2.12. The smallest absolute Gasteiger partial charge is 0.251 e. The Balaban J connectivity index is 1.59. The standard InChI is InChI=1S/C22H21ClN4O2/c1-3-14-7-4-5-10-17(14)24-19(28)12-18-22(29)25-21-20(13(2)26-27(18)21)15-8-6-9-16(23)11-15/h4-11,18H,3,12H2,1-2H3,(H,24,28)(H,25,29). The number of amides is 2. The molecule has 1 aromatic heterocycles. The van der Waals surface area contributed by atoms with Crippen LogP contribution in [-0.4, -0.2) is 21.6 Å². The highest BCUT2D eigenvalue weighted by Gasteiger charge is 2.36. The summed E-state index contributed by atoms with van der Waals surface area (Å²) in [6.07, 6.45) is 0.818. The Labute approximate surface area is 173 Å². The van der Waals surface area contributed by atoms with E-state index in [0.717, 1.165) is 34.5 Å². The highest BCUT2D eigenvalue weighted by atomic mass is 35.5. The number of aromatic nitrogens is 2. The SMILES string of the molecule is CCc1ccccc1NC(=O)CC1C(=O)Nc2c(-c3cccc(Cl)c3)c(C)nn21. The zero-order chi connectivity index (χ0) is 20.5. The van der Waals surface area contributed by atoms with Gasteiger partial charge in [0.2, 0.25) is 5.91 Å². The van der Waals surface area contributed by atoms with E-state index in [1.807, 2.05) is 56.3 Å². The summed E-state index contributed by atoms with van der Waals surface area (Å²) >= 11 is 6.13. The molecule has 1 unspecified atom stereocenters. The second-order valence-electron chi connectivity index (χ2n) is 7.03. The molecule has 148 valence electrons. The van der Waals surface area contributed by atoms with E-state index in [1.54, 1.807) is 10.7 Å². The van der Waals surface area contributed by atoms with Gasteiger partial charge in [-0.2, -0.15) is 5.10 Å². The molecule has 0 spiro atoms. The lowest BCUT2D eigenvalue weighted by molar-refractivity contribution is -0.123. The van der Waals surface area contributed by atoms with Crippen molar-refractivity contribution in [3.8, 4) is 11.1 Å². The van der Waals surface area contributed by atoms with Gasteiger partial charge in [0.1, 0.15) is 11.9 Å². The van der Waals surface area contributed by atoms with Gasteiger partial charge >= 0.3 is 0 Å². The Morgan fingerprint density at radius 2 is 2.03 bits per heavy atom. The van der Waals surface area contributed by atoms with Crippen LogP contribution in [0.15, 0.2) is 48.5 Å². The van der Waals surface area contributed by atoms with Crippen LogP contribution in [0.4, 0.5) is 11.5 Å². The normalized spacial score (nSPS) is 15.1. The van der Waals surface area contributed by atoms with Crippen molar-refractivity contribution >= 4 is 34.9 Å². The van der Waals surface area contributed by atoms with Gasteiger partial charge in [-0.25, -0.2) is 4.68 Å². The molecular formula is C22H21ClN4O2. The first-order valence-electron chi connectivity index (χ1n) is 9.51. The van der Waals surface area contributed by atoms with E-state index in [9.17, 15) is 9.59 Å². The van der Waals surface area contributed by atoms with Crippen molar-refractivity contribution in [2.75, 3.05) is 10.6 Å². The molecule has 0 saturated heterocycles. The maximum Gasteiger partial charge on any atom is 0.251 e. The fourth-order valence-corrected chi connectivity index (χ4v) is 3.89. The molecule has 0 bridgehead atoms. The topological polar surface area (TPSA) is 76.0 Å². The van der Waals surface area contributed by atoms with Gasteiger partial charge in [-0.15, -0.1) is 0 Å². The number of para-hydroxylation sites is 1. The lowest BCUT2D eigenvalue weighted by Crippen LogP contribution is -2.24. The van der Waals surface area contributed by atoms with Crippen LogP contribution in [0, 0.1) is 6.92 Å². The summed E-state index contributed by atoms with van der Waals surface area (Å²) in [4.78, 5) is 25.2. The second-order valence-corrected chi connectivity index (χ2v) is 7.47. The number of aryl methyl sites for hydroxylation is 2. The van der Waals surface area contributed by atoms with Crippen LogP contribution in [0.3, 0.4) is 0 Å². The number of halogens is 1. The monoisotopic (exact) mass is 408 g/mol. The summed E-state index contributed by atoms with van der Waals surface area (Å²) in [6.45, 7) is 3.91. The molecule has 2 aromatic carbocycles. The molecule has 2 amide bonds. The zero-order valence-corrected chi connectivity index (χ0v) is 17.0. The maximum absolute atomic E-state index is 12.6. The molecule has 1 aliphatic rings. The van der Waals surface area contributed by atoms with Crippen molar-refractivity contribution in [3.63, 3.8) is 0 Å². The number of nitrogens with one attached hydrogen (secondary N) is 2. The number of hydrogen-bond acceptors (Lipinski definition) is 3. The minimum atomic E-state index is -0.689. The second kappa shape index (κ2) is 7.72. The van der Waals surface area contributed by atoms with E-state index in [4.69, 9.17) is 11.6 Å². The van der Waals surface area contributed by atoms with Gasteiger partial charge in [0.15, 0.2) is 0 Å². The summed E-state index contributed by atoms with van der Waals surface area (Å²) in [7, 11) is 0. The summed E-state index contributed by atoms with van der Waals surface area (Å²) in [5, 5.41) is 10.9. The summed E-state index contributed by atoms with van der Waals surface area (Å²) < 4.78 is 1.61. The summed E-state index contributed by atoms with van der Waals surface area (Å²) in [5.41, 5.74) is 4.29. The number of anilines is 2. The molecule has 0 saturated carbocycles. The van der Waals surface area contributed by atoms with Gasteiger partial charge in [-0.3, -0.25) is 9.59 Å².